The molecule has 8 nitrogen and oxygen atoms in total. The fourth-order valence-corrected chi connectivity index (χ4v) is 5.96. The molecular formula is C32H29ClN2O6S. The molecule has 1 atom stereocenters. The number of aromatic nitrogens is 1. The average Bonchev–Trinajstić information content (AvgIpc) is 3.30. The van der Waals surface area contributed by atoms with Gasteiger partial charge >= 0.3 is 5.97 Å². The van der Waals surface area contributed by atoms with E-state index in [1.54, 1.807) is 45.2 Å². The summed E-state index contributed by atoms with van der Waals surface area (Å²) in [6.07, 6.45) is 1.80. The Morgan fingerprint density at radius 2 is 1.79 bits per heavy atom. The molecule has 42 heavy (non-hydrogen) atoms. The molecule has 4 aromatic rings. The van der Waals surface area contributed by atoms with Crippen molar-refractivity contribution in [1.29, 1.82) is 0 Å². The van der Waals surface area contributed by atoms with E-state index in [0.29, 0.717) is 49.5 Å². The van der Waals surface area contributed by atoms with Crippen molar-refractivity contribution in [1.82, 2.24) is 4.57 Å². The molecule has 5 rings (SSSR count). The highest BCUT2D eigenvalue weighted by atomic mass is 35.5. The first kappa shape index (κ1) is 29.2. The molecule has 1 aliphatic rings. The second kappa shape index (κ2) is 12.7. The highest BCUT2D eigenvalue weighted by Gasteiger charge is 2.35. The van der Waals surface area contributed by atoms with E-state index in [2.05, 4.69) is 4.99 Å². The van der Waals surface area contributed by atoms with Crippen LogP contribution in [0.5, 0.6) is 17.2 Å². The lowest BCUT2D eigenvalue weighted by atomic mass is 9.95. The van der Waals surface area contributed by atoms with Crippen molar-refractivity contribution in [3.8, 4) is 17.2 Å². The summed E-state index contributed by atoms with van der Waals surface area (Å²) < 4.78 is 24.3. The summed E-state index contributed by atoms with van der Waals surface area (Å²) in [6.45, 7) is 4.01. The number of fused-ring (bicyclic) bond motifs is 1. The molecule has 1 aliphatic heterocycles. The van der Waals surface area contributed by atoms with Gasteiger partial charge in [-0.15, -0.1) is 0 Å². The third-order valence-electron chi connectivity index (χ3n) is 6.78. The number of methoxy groups -OCH3 is 2. The van der Waals surface area contributed by atoms with Crippen LogP contribution in [-0.2, 0) is 16.1 Å². The smallest absolute Gasteiger partial charge is 0.338 e. The minimum atomic E-state index is -0.802. The lowest BCUT2D eigenvalue weighted by Gasteiger charge is -2.26. The highest BCUT2D eigenvalue weighted by Crippen LogP contribution is 2.37. The van der Waals surface area contributed by atoms with Crippen LogP contribution in [0.3, 0.4) is 0 Å². The first-order valence-corrected chi connectivity index (χ1v) is 14.4. The fourth-order valence-electron chi connectivity index (χ4n) is 4.72. The van der Waals surface area contributed by atoms with E-state index in [9.17, 15) is 9.59 Å². The zero-order chi connectivity index (χ0) is 29.8. The molecule has 0 amide bonds. The van der Waals surface area contributed by atoms with E-state index in [-0.39, 0.29) is 17.7 Å². The second-order valence-corrected chi connectivity index (χ2v) is 10.8. The molecule has 0 aliphatic carbocycles. The Bertz CT molecular complexity index is 1840. The fraction of sp³-hybridized carbons (Fsp3) is 0.219. The number of hydrogen-bond donors (Lipinski definition) is 0. The zero-order valence-corrected chi connectivity index (χ0v) is 25.1. The molecular weight excluding hydrogens is 576 g/mol. The molecule has 0 spiro atoms. The Balaban J connectivity index is 1.54. The topological polar surface area (TPSA) is 88.4 Å². The number of rotatable bonds is 9. The molecule has 1 unspecified atom stereocenters. The molecule has 216 valence electrons. The van der Waals surface area contributed by atoms with E-state index >= 15 is 0 Å². The van der Waals surface area contributed by atoms with Crippen LogP contribution in [-0.4, -0.2) is 31.4 Å². The van der Waals surface area contributed by atoms with Gasteiger partial charge in [0.15, 0.2) is 4.80 Å². The molecule has 0 saturated heterocycles. The summed E-state index contributed by atoms with van der Waals surface area (Å²) in [5.74, 6) is 1.19. The van der Waals surface area contributed by atoms with Crippen molar-refractivity contribution in [2.24, 2.45) is 4.99 Å². The molecule has 0 N–H and O–H groups in total. The van der Waals surface area contributed by atoms with Gasteiger partial charge in [0.25, 0.3) is 5.56 Å². The number of halogens is 1. The zero-order valence-electron chi connectivity index (χ0n) is 23.5. The Hall–Kier alpha value is -4.34. The lowest BCUT2D eigenvalue weighted by molar-refractivity contribution is -0.139. The summed E-state index contributed by atoms with van der Waals surface area (Å²) in [5, 5.41) is 0.649. The Morgan fingerprint density at radius 1 is 1.05 bits per heavy atom. The van der Waals surface area contributed by atoms with Gasteiger partial charge in [0.1, 0.15) is 29.9 Å². The quantitative estimate of drug-likeness (QED) is 0.249. The maximum atomic E-state index is 13.9. The van der Waals surface area contributed by atoms with Crippen molar-refractivity contribution in [3.05, 3.63) is 119 Å². The van der Waals surface area contributed by atoms with Crippen molar-refractivity contribution in [2.75, 3.05) is 20.8 Å². The van der Waals surface area contributed by atoms with E-state index < -0.39 is 12.0 Å². The monoisotopic (exact) mass is 604 g/mol. The van der Waals surface area contributed by atoms with Crippen LogP contribution in [0.15, 0.2) is 87.8 Å². The van der Waals surface area contributed by atoms with Crippen LogP contribution in [0, 0.1) is 0 Å². The number of carbonyl (C=O) groups excluding carboxylic acids is 1. The highest BCUT2D eigenvalue weighted by molar-refractivity contribution is 7.07. The molecule has 0 bridgehead atoms. The van der Waals surface area contributed by atoms with E-state index in [1.807, 2.05) is 48.5 Å². The van der Waals surface area contributed by atoms with Crippen LogP contribution in [0.25, 0.3) is 6.08 Å². The normalized spacial score (nSPS) is 14.7. The molecule has 10 heteroatoms. The van der Waals surface area contributed by atoms with E-state index in [0.717, 1.165) is 11.1 Å². The Kier molecular flexibility index (Phi) is 8.80. The number of carbonyl (C=O) groups is 1. The predicted octanol–water partition coefficient (Wildman–Crippen LogP) is 5.05. The van der Waals surface area contributed by atoms with E-state index in [4.69, 9.17) is 30.5 Å². The lowest BCUT2D eigenvalue weighted by Crippen LogP contribution is -2.40. The third-order valence-corrected chi connectivity index (χ3v) is 8.13. The van der Waals surface area contributed by atoms with Gasteiger partial charge in [-0.3, -0.25) is 9.36 Å². The molecule has 0 radical (unpaired) electrons. The third kappa shape index (κ3) is 5.84. The van der Waals surface area contributed by atoms with Crippen LogP contribution >= 0.6 is 22.9 Å². The number of ether oxygens (including phenoxy) is 4. The molecule has 0 saturated carbocycles. The largest absolute Gasteiger partial charge is 0.497 e. The van der Waals surface area contributed by atoms with Gasteiger partial charge < -0.3 is 18.9 Å². The van der Waals surface area contributed by atoms with Crippen LogP contribution in [0.1, 0.15) is 36.6 Å². The van der Waals surface area contributed by atoms with Crippen molar-refractivity contribution in [2.45, 2.75) is 26.5 Å². The first-order valence-electron chi connectivity index (χ1n) is 13.2. The SMILES string of the molecule is CCOC(=O)C1=C(C)N=c2s/c(=C\c3ccc(OCc4ccccc4Cl)cc3)c(=O)n2C1c1ccc(OC)cc1OC. The van der Waals surface area contributed by atoms with Gasteiger partial charge in [-0.05, 0) is 55.8 Å². The summed E-state index contributed by atoms with van der Waals surface area (Å²) in [7, 11) is 3.09. The molecule has 3 aromatic carbocycles. The minimum Gasteiger partial charge on any atom is -0.497 e. The standard InChI is InChI=1S/C32H29ClN2O6S/c1-5-40-31(37)28-19(2)34-32-35(29(28)24-15-14-23(38-3)17-26(24)39-4)30(36)27(42-32)16-20-10-12-22(13-11-20)41-18-21-8-6-7-9-25(21)33/h6-17,29H,5,18H2,1-4H3/b27-16-. The van der Waals surface area contributed by atoms with Gasteiger partial charge in [-0.2, -0.15) is 0 Å². The summed E-state index contributed by atoms with van der Waals surface area (Å²) in [6, 6.07) is 19.4. The first-order chi connectivity index (χ1) is 20.3. The van der Waals surface area contributed by atoms with Crippen molar-refractivity contribution >= 4 is 35.0 Å². The van der Waals surface area contributed by atoms with Gasteiger partial charge in [0.2, 0.25) is 0 Å². The number of benzene rings is 3. The van der Waals surface area contributed by atoms with Gasteiger partial charge in [-0.1, -0.05) is 53.3 Å². The van der Waals surface area contributed by atoms with Crippen molar-refractivity contribution in [3.63, 3.8) is 0 Å². The maximum absolute atomic E-state index is 13.9. The van der Waals surface area contributed by atoms with Crippen LogP contribution in [0.4, 0.5) is 0 Å². The summed E-state index contributed by atoms with van der Waals surface area (Å²) in [4.78, 5) is 32.2. The molecule has 1 aromatic heterocycles. The average molecular weight is 605 g/mol. The Labute approximate surface area is 251 Å². The second-order valence-electron chi connectivity index (χ2n) is 9.36. The van der Waals surface area contributed by atoms with E-state index in [1.165, 1.54) is 23.0 Å². The minimum absolute atomic E-state index is 0.185. The molecule has 0 fully saturated rings. The summed E-state index contributed by atoms with van der Waals surface area (Å²) >= 11 is 7.48. The summed E-state index contributed by atoms with van der Waals surface area (Å²) in [5.41, 5.74) is 2.79. The van der Waals surface area contributed by atoms with Gasteiger partial charge in [0, 0.05) is 22.2 Å². The van der Waals surface area contributed by atoms with Crippen LogP contribution < -0.4 is 29.1 Å². The number of allylic oxidation sites excluding steroid dienone is 1. The number of hydrogen-bond acceptors (Lipinski definition) is 8. The van der Waals surface area contributed by atoms with Gasteiger partial charge in [-0.25, -0.2) is 9.79 Å². The van der Waals surface area contributed by atoms with Gasteiger partial charge in [0.05, 0.1) is 36.6 Å². The predicted molar refractivity (Wildman–Crippen MR) is 162 cm³/mol. The number of esters is 1. The number of nitrogens with zero attached hydrogens (tertiary/aromatic N) is 2. The number of thiazole rings is 1. The maximum Gasteiger partial charge on any atom is 0.338 e. The molecule has 2 heterocycles. The van der Waals surface area contributed by atoms with Crippen LogP contribution in [0.2, 0.25) is 5.02 Å². The Morgan fingerprint density at radius 3 is 2.48 bits per heavy atom. The van der Waals surface area contributed by atoms with Crippen molar-refractivity contribution < 1.29 is 23.7 Å².